The second-order valence-electron chi connectivity index (χ2n) is 4.28. The third kappa shape index (κ3) is 2.06. The molecule has 90 valence electrons. The molecule has 0 amide bonds. The summed E-state index contributed by atoms with van der Waals surface area (Å²) in [5.41, 5.74) is 1.71. The zero-order valence-corrected chi connectivity index (χ0v) is 11.2. The SMILES string of the molecule is O=C1C[C@H](c2ccccc2)Oc2cc(Br)ccc21. The molecular weight excluding hydrogens is 292 g/mol. The van der Waals surface area contributed by atoms with E-state index in [1.807, 2.05) is 48.5 Å². The molecule has 0 N–H and O–H groups in total. The van der Waals surface area contributed by atoms with Gasteiger partial charge in [-0.2, -0.15) is 0 Å². The Morgan fingerprint density at radius 2 is 1.89 bits per heavy atom. The molecule has 1 aliphatic rings. The van der Waals surface area contributed by atoms with Crippen molar-refractivity contribution in [1.82, 2.24) is 0 Å². The Labute approximate surface area is 114 Å². The van der Waals surface area contributed by atoms with Crippen molar-refractivity contribution in [1.29, 1.82) is 0 Å². The van der Waals surface area contributed by atoms with Gasteiger partial charge < -0.3 is 4.74 Å². The van der Waals surface area contributed by atoms with E-state index < -0.39 is 0 Å². The van der Waals surface area contributed by atoms with E-state index >= 15 is 0 Å². The van der Waals surface area contributed by atoms with Gasteiger partial charge in [0, 0.05) is 4.47 Å². The Bertz CT molecular complexity index is 593. The van der Waals surface area contributed by atoms with Gasteiger partial charge in [-0.25, -0.2) is 0 Å². The van der Waals surface area contributed by atoms with Crippen LogP contribution in [0, 0.1) is 0 Å². The Morgan fingerprint density at radius 3 is 2.67 bits per heavy atom. The minimum Gasteiger partial charge on any atom is -0.484 e. The van der Waals surface area contributed by atoms with E-state index in [1.54, 1.807) is 0 Å². The molecule has 0 saturated heterocycles. The standard InChI is InChI=1S/C15H11BrO2/c16-11-6-7-12-13(17)9-14(18-15(12)8-11)10-4-2-1-3-5-10/h1-8,14H,9H2/t14-/m1/s1. The maximum atomic E-state index is 12.1. The van der Waals surface area contributed by atoms with Crippen molar-refractivity contribution in [2.75, 3.05) is 0 Å². The zero-order chi connectivity index (χ0) is 12.5. The van der Waals surface area contributed by atoms with Crippen molar-refractivity contribution in [2.24, 2.45) is 0 Å². The minimum absolute atomic E-state index is 0.137. The summed E-state index contributed by atoms with van der Waals surface area (Å²) in [6, 6.07) is 15.4. The molecule has 0 bridgehead atoms. The molecule has 0 aromatic heterocycles. The number of rotatable bonds is 1. The van der Waals surface area contributed by atoms with E-state index in [4.69, 9.17) is 4.74 Å². The number of fused-ring (bicyclic) bond motifs is 1. The third-order valence-corrected chi connectivity index (χ3v) is 3.55. The lowest BCUT2D eigenvalue weighted by atomic mass is 9.96. The quantitative estimate of drug-likeness (QED) is 0.791. The Morgan fingerprint density at radius 1 is 1.11 bits per heavy atom. The summed E-state index contributed by atoms with van der Waals surface area (Å²) in [5, 5.41) is 0. The first-order valence-corrected chi connectivity index (χ1v) is 6.58. The lowest BCUT2D eigenvalue weighted by Gasteiger charge is -2.25. The number of hydrogen-bond donors (Lipinski definition) is 0. The molecule has 0 unspecified atom stereocenters. The summed E-state index contributed by atoms with van der Waals surface area (Å²) in [6.45, 7) is 0. The lowest BCUT2D eigenvalue weighted by molar-refractivity contribution is 0.0850. The summed E-state index contributed by atoms with van der Waals surface area (Å²) >= 11 is 3.40. The van der Waals surface area contributed by atoms with Crippen LogP contribution in [0.3, 0.4) is 0 Å². The maximum absolute atomic E-state index is 12.1. The highest BCUT2D eigenvalue weighted by atomic mass is 79.9. The van der Waals surface area contributed by atoms with Crippen molar-refractivity contribution in [3.05, 3.63) is 64.1 Å². The molecule has 1 atom stereocenters. The number of Topliss-reactive ketones (excluding diaryl/α,β-unsaturated/α-hetero) is 1. The molecule has 18 heavy (non-hydrogen) atoms. The van der Waals surface area contributed by atoms with Gasteiger partial charge in [-0.15, -0.1) is 0 Å². The fraction of sp³-hybridized carbons (Fsp3) is 0.133. The van der Waals surface area contributed by atoms with Crippen molar-refractivity contribution < 1.29 is 9.53 Å². The van der Waals surface area contributed by atoms with Gasteiger partial charge in [0.1, 0.15) is 11.9 Å². The van der Waals surface area contributed by atoms with Gasteiger partial charge in [0.15, 0.2) is 5.78 Å². The van der Waals surface area contributed by atoms with Gasteiger partial charge >= 0.3 is 0 Å². The molecule has 1 aliphatic heterocycles. The summed E-state index contributed by atoms with van der Waals surface area (Å²) < 4.78 is 6.84. The Kier molecular flexibility index (Phi) is 2.92. The molecule has 2 nitrogen and oxygen atoms in total. The molecule has 0 aliphatic carbocycles. The molecular formula is C15H11BrO2. The van der Waals surface area contributed by atoms with Gasteiger partial charge in [0.2, 0.25) is 0 Å². The highest BCUT2D eigenvalue weighted by molar-refractivity contribution is 9.10. The number of benzene rings is 2. The van der Waals surface area contributed by atoms with Crippen molar-refractivity contribution in [2.45, 2.75) is 12.5 Å². The number of ketones is 1. The van der Waals surface area contributed by atoms with Crippen LogP contribution in [0.2, 0.25) is 0 Å². The predicted octanol–water partition coefficient (Wildman–Crippen LogP) is 4.16. The van der Waals surface area contributed by atoms with E-state index in [0.717, 1.165) is 10.0 Å². The third-order valence-electron chi connectivity index (χ3n) is 3.06. The van der Waals surface area contributed by atoms with Crippen LogP contribution in [0.1, 0.15) is 28.4 Å². The fourth-order valence-corrected chi connectivity index (χ4v) is 2.49. The van der Waals surface area contributed by atoms with E-state index in [-0.39, 0.29) is 11.9 Å². The summed E-state index contributed by atoms with van der Waals surface area (Å²) in [5.74, 6) is 0.798. The summed E-state index contributed by atoms with van der Waals surface area (Å²) in [6.07, 6.45) is 0.221. The smallest absolute Gasteiger partial charge is 0.170 e. The second-order valence-corrected chi connectivity index (χ2v) is 5.20. The van der Waals surface area contributed by atoms with Gasteiger partial charge in [-0.05, 0) is 23.8 Å². The summed E-state index contributed by atoms with van der Waals surface area (Å²) in [7, 11) is 0. The minimum atomic E-state index is -0.180. The number of hydrogen-bond acceptors (Lipinski definition) is 2. The molecule has 3 heteroatoms. The number of carbonyl (C=O) groups is 1. The topological polar surface area (TPSA) is 26.3 Å². The van der Waals surface area contributed by atoms with Crippen LogP contribution in [-0.2, 0) is 0 Å². The van der Waals surface area contributed by atoms with Crippen LogP contribution in [0.15, 0.2) is 53.0 Å². The average Bonchev–Trinajstić information content (AvgIpc) is 2.39. The molecule has 0 spiro atoms. The first-order valence-electron chi connectivity index (χ1n) is 5.78. The highest BCUT2D eigenvalue weighted by Crippen LogP contribution is 2.36. The molecule has 2 aromatic carbocycles. The largest absolute Gasteiger partial charge is 0.484 e. The normalized spacial score (nSPS) is 18.1. The second kappa shape index (κ2) is 4.58. The van der Waals surface area contributed by atoms with Crippen LogP contribution in [0.4, 0.5) is 0 Å². The van der Waals surface area contributed by atoms with Crippen LogP contribution >= 0.6 is 15.9 Å². The number of halogens is 1. The van der Waals surface area contributed by atoms with Crippen molar-refractivity contribution >= 4 is 21.7 Å². The van der Waals surface area contributed by atoms with E-state index in [9.17, 15) is 4.79 Å². The Balaban J connectivity index is 1.98. The Hall–Kier alpha value is -1.61. The molecule has 2 aromatic rings. The average molecular weight is 303 g/mol. The van der Waals surface area contributed by atoms with Crippen molar-refractivity contribution in [3.63, 3.8) is 0 Å². The van der Waals surface area contributed by atoms with E-state index in [1.165, 1.54) is 0 Å². The van der Waals surface area contributed by atoms with Gasteiger partial charge in [0.25, 0.3) is 0 Å². The lowest BCUT2D eigenvalue weighted by Crippen LogP contribution is -2.20. The molecule has 0 saturated carbocycles. The first kappa shape index (κ1) is 11.5. The number of carbonyl (C=O) groups excluding carboxylic acids is 1. The number of ether oxygens (including phenoxy) is 1. The fourth-order valence-electron chi connectivity index (χ4n) is 2.15. The van der Waals surface area contributed by atoms with Crippen LogP contribution in [-0.4, -0.2) is 5.78 Å². The maximum Gasteiger partial charge on any atom is 0.170 e. The van der Waals surface area contributed by atoms with Gasteiger partial charge in [0.05, 0.1) is 12.0 Å². The van der Waals surface area contributed by atoms with Gasteiger partial charge in [-0.1, -0.05) is 46.3 Å². The predicted molar refractivity (Wildman–Crippen MR) is 72.9 cm³/mol. The highest BCUT2D eigenvalue weighted by Gasteiger charge is 2.27. The van der Waals surface area contributed by atoms with Crippen LogP contribution in [0.5, 0.6) is 5.75 Å². The zero-order valence-electron chi connectivity index (χ0n) is 9.60. The van der Waals surface area contributed by atoms with Gasteiger partial charge in [-0.3, -0.25) is 4.79 Å². The van der Waals surface area contributed by atoms with Crippen molar-refractivity contribution in [3.8, 4) is 5.75 Å². The van der Waals surface area contributed by atoms with Crippen LogP contribution < -0.4 is 4.74 Å². The van der Waals surface area contributed by atoms with E-state index in [2.05, 4.69) is 15.9 Å². The monoisotopic (exact) mass is 302 g/mol. The molecule has 1 heterocycles. The van der Waals surface area contributed by atoms with E-state index in [0.29, 0.717) is 17.7 Å². The first-order chi connectivity index (χ1) is 8.74. The molecule has 0 fully saturated rings. The van der Waals surface area contributed by atoms with Crippen LogP contribution in [0.25, 0.3) is 0 Å². The summed E-state index contributed by atoms with van der Waals surface area (Å²) in [4.78, 5) is 12.1. The molecule has 3 rings (SSSR count). The molecule has 0 radical (unpaired) electrons.